The molecule has 1 fully saturated rings. The van der Waals surface area contributed by atoms with Gasteiger partial charge in [0.1, 0.15) is 0 Å². The molecule has 2 N–H and O–H groups in total. The van der Waals surface area contributed by atoms with Crippen LogP contribution in [0.3, 0.4) is 0 Å². The smallest absolute Gasteiger partial charge is 0.379 e. The molecule has 8 heteroatoms. The van der Waals surface area contributed by atoms with Gasteiger partial charge in [-0.05, 0) is 13.0 Å². The van der Waals surface area contributed by atoms with E-state index in [4.69, 9.17) is 4.74 Å². The Morgan fingerprint density at radius 2 is 2.13 bits per heavy atom. The third-order valence-electron chi connectivity index (χ3n) is 3.78. The molecule has 1 aliphatic rings. The Kier molecular flexibility index (Phi) is 5.16. The van der Waals surface area contributed by atoms with Crippen molar-refractivity contribution >= 4 is 11.7 Å². The minimum absolute atomic E-state index is 0.157. The van der Waals surface area contributed by atoms with Crippen LogP contribution in [0.25, 0.3) is 0 Å². The molecule has 1 heterocycles. The van der Waals surface area contributed by atoms with Crippen LogP contribution >= 0.6 is 0 Å². The number of halogens is 3. The largest absolute Gasteiger partial charge is 0.419 e. The zero-order valence-electron chi connectivity index (χ0n) is 12.7. The number of β-amino-alcohol motifs (C(OH)–C–C–N with tert-alkyl or cyclic N) is 1. The zero-order valence-corrected chi connectivity index (χ0v) is 12.7. The van der Waals surface area contributed by atoms with Crippen LogP contribution in [0.5, 0.6) is 0 Å². The Balaban J connectivity index is 2.04. The summed E-state index contributed by atoms with van der Waals surface area (Å²) in [7, 11) is 0. The molecule has 1 saturated heterocycles. The first-order chi connectivity index (χ1) is 10.8. The Bertz CT molecular complexity index is 565. The highest BCUT2D eigenvalue weighted by Gasteiger charge is 2.57. The fraction of sp³-hybridized carbons (Fsp3) is 0.533. The Morgan fingerprint density at radius 1 is 1.43 bits per heavy atom. The number of anilines is 1. The summed E-state index contributed by atoms with van der Waals surface area (Å²) in [6.07, 6.45) is -5.28. The fourth-order valence-corrected chi connectivity index (χ4v) is 2.37. The van der Waals surface area contributed by atoms with E-state index in [1.54, 1.807) is 24.3 Å². The summed E-state index contributed by atoms with van der Waals surface area (Å²) in [6, 6.07) is 6.23. The molecule has 1 aromatic rings. The molecule has 1 aliphatic heterocycles. The summed E-state index contributed by atoms with van der Waals surface area (Å²) < 4.78 is 43.7. The van der Waals surface area contributed by atoms with Gasteiger partial charge in [-0.15, -0.1) is 0 Å². The molecular weight excluding hydrogens is 313 g/mol. The SMILES string of the molecule is CCOCc1ccccc1NC(=O)N1CC[C@@](O)(C(F)(F)F)C1. The van der Waals surface area contributed by atoms with Crippen molar-refractivity contribution in [3.8, 4) is 0 Å². The normalized spacial score (nSPS) is 21.5. The van der Waals surface area contributed by atoms with E-state index in [1.807, 2.05) is 6.92 Å². The highest BCUT2D eigenvalue weighted by molar-refractivity contribution is 5.90. The minimum Gasteiger partial charge on any atom is -0.379 e. The molecule has 0 saturated carbocycles. The highest BCUT2D eigenvalue weighted by Crippen LogP contribution is 2.37. The van der Waals surface area contributed by atoms with Crippen molar-refractivity contribution in [3.63, 3.8) is 0 Å². The van der Waals surface area contributed by atoms with Gasteiger partial charge in [0.15, 0.2) is 5.60 Å². The van der Waals surface area contributed by atoms with Crippen molar-refractivity contribution in [1.29, 1.82) is 0 Å². The molecule has 2 amide bonds. The van der Waals surface area contributed by atoms with Gasteiger partial charge in [-0.3, -0.25) is 0 Å². The number of carbonyl (C=O) groups excluding carboxylic acids is 1. The van der Waals surface area contributed by atoms with Crippen LogP contribution < -0.4 is 5.32 Å². The van der Waals surface area contributed by atoms with Crippen molar-refractivity contribution < 1.29 is 27.8 Å². The van der Waals surface area contributed by atoms with E-state index >= 15 is 0 Å². The molecule has 1 aromatic carbocycles. The predicted octanol–water partition coefficient (Wildman–Crippen LogP) is 2.75. The zero-order chi connectivity index (χ0) is 17.1. The fourth-order valence-electron chi connectivity index (χ4n) is 2.37. The summed E-state index contributed by atoms with van der Waals surface area (Å²) in [4.78, 5) is 13.1. The van der Waals surface area contributed by atoms with Crippen molar-refractivity contribution in [3.05, 3.63) is 29.8 Å². The average molecular weight is 332 g/mol. The van der Waals surface area contributed by atoms with E-state index in [1.165, 1.54) is 0 Å². The number of hydrogen-bond donors (Lipinski definition) is 2. The summed E-state index contributed by atoms with van der Waals surface area (Å²) in [6.45, 7) is 1.71. The van der Waals surface area contributed by atoms with Crippen molar-refractivity contribution in [2.24, 2.45) is 0 Å². The number of nitrogens with zero attached hydrogens (tertiary/aromatic N) is 1. The van der Waals surface area contributed by atoms with Gasteiger partial charge in [0, 0.05) is 30.8 Å². The molecule has 1 atom stereocenters. The number of hydrogen-bond acceptors (Lipinski definition) is 3. The molecule has 0 radical (unpaired) electrons. The Morgan fingerprint density at radius 3 is 2.74 bits per heavy atom. The number of nitrogens with one attached hydrogen (secondary N) is 1. The van der Waals surface area contributed by atoms with Gasteiger partial charge < -0.3 is 20.1 Å². The lowest BCUT2D eigenvalue weighted by atomic mass is 10.0. The lowest BCUT2D eigenvalue weighted by molar-refractivity contribution is -0.253. The van der Waals surface area contributed by atoms with Gasteiger partial charge in [-0.1, -0.05) is 18.2 Å². The Labute approximate surface area is 132 Å². The molecule has 0 bridgehead atoms. The second-order valence-electron chi connectivity index (χ2n) is 5.43. The van der Waals surface area contributed by atoms with Crippen molar-refractivity contribution in [2.45, 2.75) is 31.7 Å². The van der Waals surface area contributed by atoms with E-state index in [0.717, 1.165) is 10.5 Å². The number of carbonyl (C=O) groups is 1. The number of rotatable bonds is 4. The van der Waals surface area contributed by atoms with Crippen molar-refractivity contribution in [1.82, 2.24) is 4.90 Å². The van der Waals surface area contributed by atoms with Gasteiger partial charge in [0.05, 0.1) is 13.2 Å². The monoisotopic (exact) mass is 332 g/mol. The highest BCUT2D eigenvalue weighted by atomic mass is 19.4. The average Bonchev–Trinajstić information content (AvgIpc) is 2.90. The number of benzene rings is 1. The van der Waals surface area contributed by atoms with Crippen LogP contribution in [0.4, 0.5) is 23.7 Å². The first-order valence-electron chi connectivity index (χ1n) is 7.27. The number of para-hydroxylation sites is 1. The van der Waals surface area contributed by atoms with Crippen LogP contribution in [0.15, 0.2) is 24.3 Å². The minimum atomic E-state index is -4.76. The molecule has 23 heavy (non-hydrogen) atoms. The van der Waals surface area contributed by atoms with Gasteiger partial charge >= 0.3 is 12.2 Å². The molecule has 128 valence electrons. The van der Waals surface area contributed by atoms with Gasteiger partial charge in [-0.2, -0.15) is 13.2 Å². The van der Waals surface area contributed by atoms with Gasteiger partial charge in [0.25, 0.3) is 0 Å². The lowest BCUT2D eigenvalue weighted by Gasteiger charge is -2.26. The molecule has 5 nitrogen and oxygen atoms in total. The second-order valence-corrected chi connectivity index (χ2v) is 5.43. The van der Waals surface area contributed by atoms with E-state index in [2.05, 4.69) is 5.32 Å². The third kappa shape index (κ3) is 3.94. The molecule has 0 unspecified atom stereocenters. The summed E-state index contributed by atoms with van der Waals surface area (Å²) in [5.74, 6) is 0. The number of ether oxygens (including phenoxy) is 1. The summed E-state index contributed by atoms with van der Waals surface area (Å²) in [5, 5.41) is 12.2. The Hall–Kier alpha value is -1.80. The predicted molar refractivity (Wildman–Crippen MR) is 78.0 cm³/mol. The number of urea groups is 1. The molecule has 0 aromatic heterocycles. The second kappa shape index (κ2) is 6.76. The maximum atomic E-state index is 12.8. The number of likely N-dealkylation sites (tertiary alicyclic amines) is 1. The maximum Gasteiger partial charge on any atom is 0.419 e. The molecule has 0 aliphatic carbocycles. The number of alkyl halides is 3. The first-order valence-corrected chi connectivity index (χ1v) is 7.27. The molecular formula is C15H19F3N2O3. The topological polar surface area (TPSA) is 61.8 Å². The van der Waals surface area contributed by atoms with Crippen LogP contribution in [0.1, 0.15) is 18.9 Å². The van der Waals surface area contributed by atoms with Gasteiger partial charge in [-0.25, -0.2) is 4.79 Å². The van der Waals surface area contributed by atoms with Crippen LogP contribution in [-0.4, -0.2) is 47.5 Å². The van der Waals surface area contributed by atoms with E-state index < -0.39 is 30.8 Å². The molecule has 0 spiro atoms. The van der Waals surface area contributed by atoms with Crippen LogP contribution in [0.2, 0.25) is 0 Å². The van der Waals surface area contributed by atoms with Crippen molar-refractivity contribution in [2.75, 3.05) is 25.0 Å². The summed E-state index contributed by atoms with van der Waals surface area (Å²) in [5.41, 5.74) is -1.63. The lowest BCUT2D eigenvalue weighted by Crippen LogP contribution is -2.48. The van der Waals surface area contributed by atoms with Crippen LogP contribution in [-0.2, 0) is 11.3 Å². The quantitative estimate of drug-likeness (QED) is 0.891. The number of amides is 2. The standard InChI is InChI=1S/C15H19F3N2O3/c1-2-23-9-11-5-3-4-6-12(11)19-13(21)20-8-7-14(22,10-20)15(16,17)18/h3-6,22H,2,7-10H2,1H3,(H,19,21)/t14-/m0/s1. The van der Waals surface area contributed by atoms with E-state index in [0.29, 0.717) is 18.9 Å². The first kappa shape index (κ1) is 17.6. The number of aliphatic hydroxyl groups is 1. The van der Waals surface area contributed by atoms with Crippen LogP contribution in [0, 0.1) is 0 Å². The summed E-state index contributed by atoms with van der Waals surface area (Å²) >= 11 is 0. The van der Waals surface area contributed by atoms with Gasteiger partial charge in [0.2, 0.25) is 0 Å². The maximum absolute atomic E-state index is 12.8. The third-order valence-corrected chi connectivity index (χ3v) is 3.78. The molecule has 2 rings (SSSR count). The van der Waals surface area contributed by atoms with E-state index in [-0.39, 0.29) is 6.54 Å². The van der Waals surface area contributed by atoms with E-state index in [9.17, 15) is 23.1 Å².